The van der Waals surface area contributed by atoms with E-state index in [2.05, 4.69) is 95.2 Å². The average molecular weight is 895 g/mol. The summed E-state index contributed by atoms with van der Waals surface area (Å²) in [4.78, 5) is 26.1. The normalized spacial score (nSPS) is 28.9. The van der Waals surface area contributed by atoms with Crippen LogP contribution in [0.2, 0.25) is 54.4 Å². The van der Waals surface area contributed by atoms with Crippen LogP contribution in [0.25, 0.3) is 0 Å². The van der Waals surface area contributed by atoms with Crippen molar-refractivity contribution in [2.24, 2.45) is 11.8 Å². The molecule has 0 bridgehead atoms. The lowest BCUT2D eigenvalue weighted by Crippen LogP contribution is -2.46. The minimum absolute atomic E-state index is 0.0838. The van der Waals surface area contributed by atoms with Gasteiger partial charge in [0.2, 0.25) is 0 Å². The Balaban J connectivity index is 2.52. The van der Waals surface area contributed by atoms with Crippen LogP contribution in [0, 0.1) is 11.8 Å². The third-order valence-electron chi connectivity index (χ3n) is 14.7. The highest BCUT2D eigenvalue weighted by Gasteiger charge is 2.51. The molecule has 0 spiro atoms. The summed E-state index contributed by atoms with van der Waals surface area (Å²) in [5, 5.41) is 11.7. The van der Waals surface area contributed by atoms with Crippen LogP contribution in [0.3, 0.4) is 0 Å². The van der Waals surface area contributed by atoms with Gasteiger partial charge < -0.3 is 32.6 Å². The Kier molecular flexibility index (Phi) is 22.5. The molecule has 12 heteroatoms. The van der Waals surface area contributed by atoms with Crippen molar-refractivity contribution in [3.8, 4) is 0 Å². The third-order valence-corrected chi connectivity index (χ3v) is 28.8. The van der Waals surface area contributed by atoms with E-state index in [1.165, 1.54) is 6.92 Å². The molecule has 2 heterocycles. The maximum Gasteiger partial charge on any atom is 0.308 e. The van der Waals surface area contributed by atoms with Crippen LogP contribution in [0.1, 0.15) is 143 Å². The second-order valence-corrected chi connectivity index (χ2v) is 32.8. The second kappa shape index (κ2) is 24.6. The largest absolute Gasteiger partial charge is 0.457 e. The van der Waals surface area contributed by atoms with Gasteiger partial charge in [-0.1, -0.05) is 107 Å². The zero-order valence-corrected chi connectivity index (χ0v) is 44.1. The predicted molar refractivity (Wildman–Crippen MR) is 255 cm³/mol. The van der Waals surface area contributed by atoms with Crippen LogP contribution in [0.15, 0.2) is 36.0 Å². The van der Waals surface area contributed by atoms with Crippen molar-refractivity contribution >= 4 is 36.9 Å². The summed E-state index contributed by atoms with van der Waals surface area (Å²) < 4.78 is 39.8. The zero-order valence-electron chi connectivity index (χ0n) is 41.1. The lowest BCUT2D eigenvalue weighted by molar-refractivity contribution is -0.157. The molecule has 348 valence electrons. The minimum Gasteiger partial charge on any atom is -0.457 e. The van der Waals surface area contributed by atoms with Crippen molar-refractivity contribution in [3.05, 3.63) is 36.0 Å². The quantitative estimate of drug-likeness (QED) is 0.0333. The standard InChI is InChI=1S/C48H90O9Si3/c1-17-41(56-59(21-5,22-6)23-7)38(13)46-42(53-46)35-47(15,57-60(24-8,25-9)26-10)32-27-28-36(11)45-37(12)29-30-43(52-39(14)49)48(16,51)33-31-40(34-44(50)54-45)55-58(18-2,19-3)20-4/h27-30,32,37-38,40-43,45-46,51H,17-26,31,33-35H2,1-16H3/b30-29-,32-27+,36-28+/t37-,38+,40+,41-,42-,43-,45+,46+,47-,48+/m0/s1. The Labute approximate surface area is 370 Å². The maximum atomic E-state index is 13.9. The van der Waals surface area contributed by atoms with E-state index in [9.17, 15) is 14.7 Å². The molecule has 0 saturated carbocycles. The Morgan fingerprint density at radius 1 is 0.917 bits per heavy atom. The van der Waals surface area contributed by atoms with E-state index in [0.29, 0.717) is 18.8 Å². The number of carbonyl (C=O) groups is 2. The number of hydrogen-bond donors (Lipinski definition) is 1. The van der Waals surface area contributed by atoms with E-state index in [1.807, 2.05) is 26.0 Å². The topological polar surface area (TPSA) is 113 Å². The van der Waals surface area contributed by atoms with Gasteiger partial charge in [-0.3, -0.25) is 9.59 Å². The highest BCUT2D eigenvalue weighted by atomic mass is 28.4. The fourth-order valence-corrected chi connectivity index (χ4v) is 18.5. The highest BCUT2D eigenvalue weighted by Crippen LogP contribution is 2.42. The van der Waals surface area contributed by atoms with Crippen LogP contribution >= 0.6 is 0 Å². The van der Waals surface area contributed by atoms with Crippen LogP contribution in [0.5, 0.6) is 0 Å². The molecule has 0 radical (unpaired) electrons. The summed E-state index contributed by atoms with van der Waals surface area (Å²) in [5.41, 5.74) is -1.04. The maximum absolute atomic E-state index is 13.9. The molecule has 1 N–H and O–H groups in total. The lowest BCUT2D eigenvalue weighted by Gasteiger charge is -2.39. The first-order valence-corrected chi connectivity index (χ1v) is 31.6. The van der Waals surface area contributed by atoms with E-state index in [1.54, 1.807) is 13.0 Å². The van der Waals surface area contributed by atoms with Crippen molar-refractivity contribution in [2.45, 2.75) is 245 Å². The average Bonchev–Trinajstić information content (AvgIpc) is 3.99. The van der Waals surface area contributed by atoms with Crippen molar-refractivity contribution in [2.75, 3.05) is 0 Å². The summed E-state index contributed by atoms with van der Waals surface area (Å²) in [6.45, 7) is 34.0. The molecule has 60 heavy (non-hydrogen) atoms. The smallest absolute Gasteiger partial charge is 0.308 e. The number of epoxide rings is 1. The lowest BCUT2D eigenvalue weighted by atomic mass is 9.88. The Hall–Kier alpha value is -1.39. The molecule has 1 fully saturated rings. The number of rotatable bonds is 24. The Morgan fingerprint density at radius 2 is 1.47 bits per heavy atom. The summed E-state index contributed by atoms with van der Waals surface area (Å²) >= 11 is 0. The number of aliphatic hydroxyl groups is 1. The molecule has 0 amide bonds. The minimum atomic E-state index is -2.10. The molecule has 10 atom stereocenters. The summed E-state index contributed by atoms with van der Waals surface area (Å²) in [6, 6.07) is 9.36. The SMILES string of the molecule is CC[C@H](O[Si](CC)(CC)CC)[C@@H](C)[C@H]1O[C@H]1C[C@](C)(/C=C/C=C(\C)[C@H]1OC(=O)C[C@H](O[Si](CC)(CC)CC)CC[C@@](C)(O)[C@@H](OC(C)=O)/C=C\[C@@H]1C)O[Si](CC)(CC)CC. The number of carbonyl (C=O) groups excluding carboxylic acids is 2. The molecule has 0 aromatic heterocycles. The van der Waals surface area contributed by atoms with E-state index < -0.39 is 60.4 Å². The number of ether oxygens (including phenoxy) is 3. The highest BCUT2D eigenvalue weighted by molar-refractivity contribution is 6.74. The van der Waals surface area contributed by atoms with Gasteiger partial charge in [-0.05, 0) is 106 Å². The molecule has 2 aliphatic heterocycles. The summed E-state index contributed by atoms with van der Waals surface area (Å²) in [7, 11) is -5.90. The van der Waals surface area contributed by atoms with Crippen LogP contribution in [0.4, 0.5) is 0 Å². The molecule has 0 unspecified atom stereocenters. The van der Waals surface area contributed by atoms with Gasteiger partial charge in [0, 0.05) is 31.3 Å². The first-order valence-electron chi connectivity index (χ1n) is 24.0. The van der Waals surface area contributed by atoms with Gasteiger partial charge in [-0.2, -0.15) is 0 Å². The van der Waals surface area contributed by atoms with Crippen molar-refractivity contribution in [3.63, 3.8) is 0 Å². The summed E-state index contributed by atoms with van der Waals surface area (Å²) in [6.07, 6.45) is 11.0. The molecule has 1 saturated heterocycles. The summed E-state index contributed by atoms with van der Waals surface area (Å²) in [5.74, 6) is -0.775. The Bertz CT molecular complexity index is 1380. The van der Waals surface area contributed by atoms with E-state index >= 15 is 0 Å². The molecule has 0 aliphatic carbocycles. The molecular weight excluding hydrogens is 805 g/mol. The molecule has 9 nitrogen and oxygen atoms in total. The molecule has 2 rings (SSSR count). The molecule has 2 aliphatic rings. The zero-order chi connectivity index (χ0) is 45.5. The predicted octanol–water partition coefficient (Wildman–Crippen LogP) is 12.2. The van der Waals surface area contributed by atoms with Gasteiger partial charge in [0.1, 0.15) is 17.8 Å². The first kappa shape index (κ1) is 54.7. The van der Waals surface area contributed by atoms with Crippen LogP contribution in [-0.4, -0.2) is 89.8 Å². The number of hydrogen-bond acceptors (Lipinski definition) is 9. The number of esters is 2. The van der Waals surface area contributed by atoms with Gasteiger partial charge in [0.15, 0.2) is 25.0 Å². The van der Waals surface area contributed by atoms with Crippen molar-refractivity contribution in [1.82, 2.24) is 0 Å². The fourth-order valence-electron chi connectivity index (χ4n) is 9.45. The second-order valence-electron chi connectivity index (χ2n) is 18.7. The van der Waals surface area contributed by atoms with Crippen molar-refractivity contribution in [1.29, 1.82) is 0 Å². The van der Waals surface area contributed by atoms with Gasteiger partial charge in [-0.15, -0.1) is 0 Å². The van der Waals surface area contributed by atoms with Gasteiger partial charge in [0.05, 0.1) is 30.3 Å². The molecule has 0 aromatic rings. The molecular formula is C48H90O9Si3. The van der Waals surface area contributed by atoms with E-state index in [-0.39, 0.29) is 36.6 Å². The van der Waals surface area contributed by atoms with Crippen molar-refractivity contribution < 1.29 is 42.2 Å². The van der Waals surface area contributed by atoms with E-state index in [0.717, 1.165) is 72.8 Å². The van der Waals surface area contributed by atoms with Crippen LogP contribution < -0.4 is 0 Å². The number of allylic oxidation sites excluding steroid dienone is 2. The van der Waals surface area contributed by atoms with Gasteiger partial charge in [0.25, 0.3) is 0 Å². The Morgan fingerprint density at radius 3 is 1.97 bits per heavy atom. The molecule has 0 aromatic carbocycles. The van der Waals surface area contributed by atoms with Crippen LogP contribution in [-0.2, 0) is 37.1 Å². The fraction of sp³-hybridized carbons (Fsp3) is 0.833. The van der Waals surface area contributed by atoms with Gasteiger partial charge >= 0.3 is 11.9 Å². The monoisotopic (exact) mass is 895 g/mol. The van der Waals surface area contributed by atoms with Gasteiger partial charge in [-0.25, -0.2) is 0 Å². The third kappa shape index (κ3) is 15.4. The number of cyclic esters (lactones) is 1. The first-order chi connectivity index (χ1) is 28.2. The van der Waals surface area contributed by atoms with E-state index in [4.69, 9.17) is 27.5 Å².